The molecule has 4 rings (SSSR count). The third-order valence-electron chi connectivity index (χ3n) is 12.1. The van der Waals surface area contributed by atoms with Crippen LogP contribution in [0.5, 0.6) is 0 Å². The van der Waals surface area contributed by atoms with E-state index in [1.165, 1.54) is 128 Å². The molecule has 0 radical (unpaired) electrons. The van der Waals surface area contributed by atoms with E-state index in [0.717, 1.165) is 45.1 Å². The van der Waals surface area contributed by atoms with Gasteiger partial charge in [-0.3, -0.25) is 4.79 Å². The molecule has 4 N–H and O–H groups in total. The number of hydrogen-bond acceptors (Lipinski definition) is 5. The zero-order chi connectivity index (χ0) is 32.6. The molecule has 0 spiro atoms. The summed E-state index contributed by atoms with van der Waals surface area (Å²) in [6.45, 7) is 5.13. The van der Waals surface area contributed by atoms with E-state index in [4.69, 9.17) is 0 Å². The van der Waals surface area contributed by atoms with Crippen molar-refractivity contribution in [3.8, 4) is 0 Å². The third kappa shape index (κ3) is 13.2. The second kappa shape index (κ2) is 21.2. The number of carbonyl (C=O) groups is 1. The standard InChI is InChI=1S/C40H73N3O3/c1-31-38(44)26-23-35(41-31)21-17-13-9-5-3-7-11-15-19-33-29-34(37-25-28-40(46)43(37)30-33)20-16-12-8-4-6-10-14-18-22-36-24-27-39(45)32(2)42-36/h29,31-32,34-39,41-42,44-45H,3-28,30H2,1-2H3/t31-,32-,34?,35+,36+,37?,38-,39-/m0/s1. The Labute approximate surface area is 283 Å². The Balaban J connectivity index is 0.988. The summed E-state index contributed by atoms with van der Waals surface area (Å²) < 4.78 is 0. The molecule has 4 aliphatic heterocycles. The normalized spacial score (nSPS) is 31.7. The van der Waals surface area contributed by atoms with E-state index in [2.05, 4.69) is 35.5 Å². The second-order valence-corrected chi connectivity index (χ2v) is 16.0. The summed E-state index contributed by atoms with van der Waals surface area (Å²) in [6.07, 6.45) is 34.8. The molecule has 2 unspecified atom stereocenters. The molecule has 1 amide bonds. The largest absolute Gasteiger partial charge is 0.392 e. The first kappa shape index (κ1) is 37.9. The van der Waals surface area contributed by atoms with Crippen LogP contribution in [0.1, 0.15) is 181 Å². The maximum atomic E-state index is 12.7. The summed E-state index contributed by atoms with van der Waals surface area (Å²) in [5.41, 5.74) is 1.55. The van der Waals surface area contributed by atoms with Crippen molar-refractivity contribution in [3.05, 3.63) is 11.6 Å². The van der Waals surface area contributed by atoms with Crippen LogP contribution in [0, 0.1) is 5.92 Å². The van der Waals surface area contributed by atoms with Gasteiger partial charge in [0.25, 0.3) is 0 Å². The van der Waals surface area contributed by atoms with Gasteiger partial charge >= 0.3 is 0 Å². The molecule has 0 aliphatic carbocycles. The fraction of sp³-hybridized carbons (Fsp3) is 0.925. The van der Waals surface area contributed by atoms with Gasteiger partial charge < -0.3 is 25.7 Å². The van der Waals surface area contributed by atoms with Crippen LogP contribution in [0.25, 0.3) is 0 Å². The van der Waals surface area contributed by atoms with Gasteiger partial charge in [0.1, 0.15) is 0 Å². The average Bonchev–Trinajstić information content (AvgIpc) is 3.42. The minimum Gasteiger partial charge on any atom is -0.392 e. The summed E-state index contributed by atoms with van der Waals surface area (Å²) in [6, 6.07) is 2.21. The number of piperidine rings is 2. The fourth-order valence-corrected chi connectivity index (χ4v) is 9.00. The monoisotopic (exact) mass is 644 g/mol. The Hall–Kier alpha value is -0.950. The summed E-state index contributed by atoms with van der Waals surface area (Å²) in [4.78, 5) is 14.9. The second-order valence-electron chi connectivity index (χ2n) is 16.0. The van der Waals surface area contributed by atoms with Crippen molar-refractivity contribution in [2.45, 2.75) is 223 Å². The number of nitrogens with zero attached hydrogens (tertiary/aromatic N) is 1. The van der Waals surface area contributed by atoms with Crippen LogP contribution in [-0.4, -0.2) is 70.0 Å². The minimum atomic E-state index is -0.158. The maximum Gasteiger partial charge on any atom is 0.223 e. The smallest absolute Gasteiger partial charge is 0.223 e. The predicted octanol–water partition coefficient (Wildman–Crippen LogP) is 8.34. The van der Waals surface area contributed by atoms with Gasteiger partial charge in [-0.2, -0.15) is 0 Å². The van der Waals surface area contributed by atoms with Gasteiger partial charge in [0.05, 0.1) is 12.2 Å². The molecular weight excluding hydrogens is 570 g/mol. The average molecular weight is 644 g/mol. The summed E-state index contributed by atoms with van der Waals surface area (Å²) >= 11 is 0. The molecule has 0 saturated carbocycles. The molecule has 8 atom stereocenters. The molecule has 6 nitrogen and oxygen atoms in total. The van der Waals surface area contributed by atoms with Crippen molar-refractivity contribution in [2.24, 2.45) is 5.92 Å². The molecule has 0 aromatic carbocycles. The van der Waals surface area contributed by atoms with Crippen LogP contribution in [0.4, 0.5) is 0 Å². The molecular formula is C40H73N3O3. The van der Waals surface area contributed by atoms with Crippen LogP contribution in [0.2, 0.25) is 0 Å². The summed E-state index contributed by atoms with van der Waals surface area (Å²) in [5, 5.41) is 26.9. The van der Waals surface area contributed by atoms with Crippen LogP contribution in [0.3, 0.4) is 0 Å². The molecule has 266 valence electrons. The highest BCUT2D eigenvalue weighted by atomic mass is 16.3. The fourth-order valence-electron chi connectivity index (χ4n) is 9.00. The van der Waals surface area contributed by atoms with Crippen molar-refractivity contribution in [3.63, 3.8) is 0 Å². The third-order valence-corrected chi connectivity index (χ3v) is 12.1. The number of unbranched alkanes of at least 4 members (excludes halogenated alkanes) is 14. The Morgan fingerprint density at radius 3 is 1.59 bits per heavy atom. The number of amides is 1. The Morgan fingerprint density at radius 1 is 0.630 bits per heavy atom. The first-order valence-electron chi connectivity index (χ1n) is 20.3. The van der Waals surface area contributed by atoms with Gasteiger partial charge in [-0.1, -0.05) is 108 Å². The molecule has 3 fully saturated rings. The number of hydrogen-bond donors (Lipinski definition) is 4. The highest BCUT2D eigenvalue weighted by Crippen LogP contribution is 2.35. The van der Waals surface area contributed by atoms with Crippen LogP contribution >= 0.6 is 0 Å². The molecule has 6 heteroatoms. The summed E-state index contributed by atoms with van der Waals surface area (Å²) in [5.74, 6) is 0.989. The number of rotatable bonds is 22. The zero-order valence-corrected chi connectivity index (χ0v) is 30.0. The maximum absolute atomic E-state index is 12.7. The number of aliphatic hydroxyl groups is 2. The van der Waals surface area contributed by atoms with E-state index in [9.17, 15) is 15.0 Å². The SMILES string of the molecule is C[C@@H]1N[C@H](CCCCCCCCCCC2=CC(CCCCCCCCCC[C@@H]3CC[C@H](O)[C@H](C)N3)C3CCC(=O)N3C2)CC[C@@H]1O. The highest BCUT2D eigenvalue weighted by Gasteiger charge is 2.38. The quantitative estimate of drug-likeness (QED) is 0.0704. The lowest BCUT2D eigenvalue weighted by molar-refractivity contribution is -0.129. The summed E-state index contributed by atoms with van der Waals surface area (Å²) in [7, 11) is 0. The van der Waals surface area contributed by atoms with Gasteiger partial charge in [0.15, 0.2) is 0 Å². The van der Waals surface area contributed by atoms with Crippen molar-refractivity contribution in [2.75, 3.05) is 6.54 Å². The molecule has 4 aliphatic rings. The van der Waals surface area contributed by atoms with Crippen molar-refractivity contribution < 1.29 is 15.0 Å². The number of fused-ring (bicyclic) bond motifs is 1. The number of nitrogens with one attached hydrogen (secondary N) is 2. The van der Waals surface area contributed by atoms with Gasteiger partial charge in [0, 0.05) is 43.2 Å². The van der Waals surface area contributed by atoms with Gasteiger partial charge in [-0.15, -0.1) is 0 Å². The van der Waals surface area contributed by atoms with Gasteiger partial charge in [-0.25, -0.2) is 0 Å². The lowest BCUT2D eigenvalue weighted by Gasteiger charge is -2.36. The first-order chi connectivity index (χ1) is 22.4. The Kier molecular flexibility index (Phi) is 17.5. The first-order valence-corrected chi connectivity index (χ1v) is 20.3. The molecule has 4 heterocycles. The van der Waals surface area contributed by atoms with E-state index in [1.54, 1.807) is 5.57 Å². The van der Waals surface area contributed by atoms with Crippen molar-refractivity contribution in [1.82, 2.24) is 15.5 Å². The molecule has 3 saturated heterocycles. The van der Waals surface area contributed by atoms with Gasteiger partial charge in [-0.05, 0) is 84.0 Å². The minimum absolute atomic E-state index is 0.157. The Bertz CT molecular complexity index is 880. The van der Waals surface area contributed by atoms with E-state index in [-0.39, 0.29) is 24.3 Å². The number of aliphatic hydroxyl groups excluding tert-OH is 2. The topological polar surface area (TPSA) is 84.8 Å². The molecule has 0 aromatic rings. The van der Waals surface area contributed by atoms with Gasteiger partial charge in [0.2, 0.25) is 5.91 Å². The lowest BCUT2D eigenvalue weighted by Crippen LogP contribution is -2.48. The van der Waals surface area contributed by atoms with Crippen LogP contribution in [-0.2, 0) is 4.79 Å². The van der Waals surface area contributed by atoms with E-state index in [1.807, 2.05) is 0 Å². The van der Waals surface area contributed by atoms with E-state index >= 15 is 0 Å². The van der Waals surface area contributed by atoms with Crippen LogP contribution in [0.15, 0.2) is 11.6 Å². The van der Waals surface area contributed by atoms with Crippen molar-refractivity contribution >= 4 is 5.91 Å². The molecule has 0 aromatic heterocycles. The molecule has 0 bridgehead atoms. The van der Waals surface area contributed by atoms with E-state index < -0.39 is 0 Å². The van der Waals surface area contributed by atoms with E-state index in [0.29, 0.717) is 30.0 Å². The van der Waals surface area contributed by atoms with Crippen LogP contribution < -0.4 is 10.6 Å². The Morgan fingerprint density at radius 2 is 1.09 bits per heavy atom. The highest BCUT2D eigenvalue weighted by molar-refractivity contribution is 5.79. The molecule has 46 heavy (non-hydrogen) atoms. The van der Waals surface area contributed by atoms with Crippen molar-refractivity contribution in [1.29, 1.82) is 0 Å². The number of carbonyl (C=O) groups excluding carboxylic acids is 1. The predicted molar refractivity (Wildman–Crippen MR) is 192 cm³/mol. The lowest BCUT2D eigenvalue weighted by atomic mass is 9.85. The zero-order valence-electron chi connectivity index (χ0n) is 30.0.